The molecular weight excluding hydrogens is 561 g/mol. The fraction of sp³-hybridized carbons (Fsp3) is 0.393. The maximum atomic E-state index is 13.2. The summed E-state index contributed by atoms with van der Waals surface area (Å²) in [7, 11) is 2.95. The molecular formula is C28H33F3N4O5S. The van der Waals surface area contributed by atoms with Gasteiger partial charge in [0.15, 0.2) is 4.80 Å². The molecule has 41 heavy (non-hydrogen) atoms. The van der Waals surface area contributed by atoms with E-state index in [1.807, 2.05) is 18.4 Å². The average molecular weight is 595 g/mol. The van der Waals surface area contributed by atoms with Crippen molar-refractivity contribution in [3.05, 3.63) is 58.2 Å². The Morgan fingerprint density at radius 2 is 1.71 bits per heavy atom. The summed E-state index contributed by atoms with van der Waals surface area (Å²) in [5.74, 6) is -0.0179. The van der Waals surface area contributed by atoms with Gasteiger partial charge >= 0.3 is 6.36 Å². The summed E-state index contributed by atoms with van der Waals surface area (Å²) in [4.78, 5) is 31.9. The van der Waals surface area contributed by atoms with Gasteiger partial charge in [0.1, 0.15) is 17.2 Å². The minimum absolute atomic E-state index is 0.00904. The third-order valence-electron chi connectivity index (χ3n) is 6.15. The van der Waals surface area contributed by atoms with Crippen LogP contribution >= 0.6 is 11.3 Å². The lowest BCUT2D eigenvalue weighted by atomic mass is 10.1. The van der Waals surface area contributed by atoms with Gasteiger partial charge in [0, 0.05) is 31.1 Å². The van der Waals surface area contributed by atoms with Crippen LogP contribution in [0.1, 0.15) is 30.6 Å². The van der Waals surface area contributed by atoms with Gasteiger partial charge in [-0.25, -0.2) is 0 Å². The number of nitrogens with zero attached hydrogens (tertiary/aromatic N) is 3. The van der Waals surface area contributed by atoms with E-state index < -0.39 is 12.3 Å². The molecule has 9 nitrogen and oxygen atoms in total. The number of benzene rings is 2. The zero-order valence-corrected chi connectivity index (χ0v) is 24.1. The second-order valence-corrected chi connectivity index (χ2v) is 9.54. The first-order valence-corrected chi connectivity index (χ1v) is 13.8. The van der Waals surface area contributed by atoms with Gasteiger partial charge in [0.25, 0.3) is 5.91 Å². The van der Waals surface area contributed by atoms with Gasteiger partial charge in [-0.1, -0.05) is 0 Å². The number of aromatic nitrogens is 1. The molecule has 0 saturated carbocycles. The summed E-state index contributed by atoms with van der Waals surface area (Å²) in [5, 5.41) is 4.93. The number of hydrogen-bond acceptors (Lipinski definition) is 7. The maximum absolute atomic E-state index is 13.2. The fourth-order valence-corrected chi connectivity index (χ4v) is 4.99. The Morgan fingerprint density at radius 3 is 2.32 bits per heavy atom. The number of rotatable bonds is 13. The van der Waals surface area contributed by atoms with Gasteiger partial charge in [-0.15, -0.1) is 24.5 Å². The van der Waals surface area contributed by atoms with E-state index in [1.54, 1.807) is 28.5 Å². The van der Waals surface area contributed by atoms with Crippen molar-refractivity contribution in [2.24, 2.45) is 4.99 Å². The predicted octanol–water partition coefficient (Wildman–Crippen LogP) is 4.72. The molecule has 0 aliphatic rings. The fourth-order valence-electron chi connectivity index (χ4n) is 4.06. The monoisotopic (exact) mass is 594 g/mol. The number of nitrogens with one attached hydrogen (secondary N) is 1. The smallest absolute Gasteiger partial charge is 0.497 e. The topological polar surface area (TPSA) is 94.4 Å². The van der Waals surface area contributed by atoms with Crippen molar-refractivity contribution in [3.63, 3.8) is 0 Å². The number of likely N-dealkylation sites (N-methyl/N-ethyl adjacent to an activating group) is 1. The van der Waals surface area contributed by atoms with Crippen LogP contribution in [0, 0.1) is 0 Å². The Bertz CT molecular complexity index is 1380. The van der Waals surface area contributed by atoms with Crippen LogP contribution in [-0.4, -0.2) is 68.0 Å². The number of hydrogen-bond donors (Lipinski definition) is 1. The third kappa shape index (κ3) is 8.82. The zero-order chi connectivity index (χ0) is 30.0. The minimum atomic E-state index is -4.79. The van der Waals surface area contributed by atoms with Crippen molar-refractivity contribution in [1.29, 1.82) is 0 Å². The van der Waals surface area contributed by atoms with Crippen molar-refractivity contribution in [3.8, 4) is 28.5 Å². The van der Waals surface area contributed by atoms with E-state index in [0.717, 1.165) is 0 Å². The van der Waals surface area contributed by atoms with Crippen LogP contribution in [0.15, 0.2) is 52.8 Å². The van der Waals surface area contributed by atoms with Crippen LogP contribution < -0.4 is 24.3 Å². The van der Waals surface area contributed by atoms with Crippen LogP contribution in [0.25, 0.3) is 11.3 Å². The Hall–Kier alpha value is -3.84. The molecule has 0 unspecified atom stereocenters. The summed E-state index contributed by atoms with van der Waals surface area (Å²) in [6, 6.07) is 10.3. The number of ether oxygens (including phenoxy) is 3. The highest BCUT2D eigenvalue weighted by Gasteiger charge is 2.31. The second-order valence-electron chi connectivity index (χ2n) is 8.71. The first-order chi connectivity index (χ1) is 19.6. The number of alkyl halides is 3. The molecule has 0 radical (unpaired) electrons. The highest BCUT2D eigenvalue weighted by atomic mass is 32.1. The Morgan fingerprint density at radius 1 is 1.02 bits per heavy atom. The lowest BCUT2D eigenvalue weighted by molar-refractivity contribution is -0.274. The van der Waals surface area contributed by atoms with Crippen LogP contribution in [-0.2, 0) is 11.3 Å². The van der Waals surface area contributed by atoms with Gasteiger partial charge in [-0.3, -0.25) is 9.59 Å². The van der Waals surface area contributed by atoms with Crippen molar-refractivity contribution in [2.75, 3.05) is 40.4 Å². The summed E-state index contributed by atoms with van der Waals surface area (Å²) in [5.41, 5.74) is 1.54. The zero-order valence-electron chi connectivity index (χ0n) is 23.3. The predicted molar refractivity (Wildman–Crippen MR) is 149 cm³/mol. The second kappa shape index (κ2) is 14.7. The third-order valence-corrected chi connectivity index (χ3v) is 7.01. The van der Waals surface area contributed by atoms with E-state index in [9.17, 15) is 22.8 Å². The molecule has 0 aliphatic heterocycles. The van der Waals surface area contributed by atoms with E-state index in [1.165, 1.54) is 49.8 Å². The molecule has 1 heterocycles. The Labute approximate surface area is 240 Å². The maximum Gasteiger partial charge on any atom is 0.573 e. The van der Waals surface area contributed by atoms with E-state index >= 15 is 0 Å². The van der Waals surface area contributed by atoms with Crippen molar-refractivity contribution in [1.82, 2.24) is 14.8 Å². The molecule has 13 heteroatoms. The van der Waals surface area contributed by atoms with E-state index in [4.69, 9.17) is 9.47 Å². The van der Waals surface area contributed by atoms with E-state index in [2.05, 4.69) is 15.0 Å². The molecule has 0 bridgehead atoms. The highest BCUT2D eigenvalue weighted by Crippen LogP contribution is 2.28. The van der Waals surface area contributed by atoms with Gasteiger partial charge in [-0.2, -0.15) is 4.99 Å². The lowest BCUT2D eigenvalue weighted by Crippen LogP contribution is -2.38. The molecule has 3 rings (SSSR count). The first kappa shape index (κ1) is 31.7. The molecule has 2 aromatic carbocycles. The number of halogens is 3. The van der Waals surface area contributed by atoms with Crippen LogP contribution in [0.3, 0.4) is 0 Å². The van der Waals surface area contributed by atoms with Gasteiger partial charge in [-0.05, 0) is 68.8 Å². The molecule has 0 fully saturated rings. The highest BCUT2D eigenvalue weighted by molar-refractivity contribution is 7.07. The van der Waals surface area contributed by atoms with Gasteiger partial charge in [0.2, 0.25) is 5.91 Å². The molecule has 0 spiro atoms. The van der Waals surface area contributed by atoms with Crippen molar-refractivity contribution in [2.45, 2.75) is 33.2 Å². The van der Waals surface area contributed by atoms with Crippen LogP contribution in [0.5, 0.6) is 17.2 Å². The molecule has 1 N–H and O–H groups in total. The number of thiazole rings is 1. The quantitative estimate of drug-likeness (QED) is 0.288. The molecule has 222 valence electrons. The van der Waals surface area contributed by atoms with Gasteiger partial charge in [0.05, 0.1) is 32.0 Å². The lowest BCUT2D eigenvalue weighted by Gasteiger charge is -2.18. The molecule has 2 amide bonds. The van der Waals surface area contributed by atoms with Crippen LogP contribution in [0.2, 0.25) is 0 Å². The largest absolute Gasteiger partial charge is 0.573 e. The van der Waals surface area contributed by atoms with Gasteiger partial charge < -0.3 is 29.0 Å². The molecule has 1 aromatic heterocycles. The molecule has 0 atom stereocenters. The number of carbonyl (C=O) groups is 2. The van der Waals surface area contributed by atoms with E-state index in [-0.39, 0.29) is 23.8 Å². The normalized spacial score (nSPS) is 11.8. The number of methoxy groups -OCH3 is 2. The van der Waals surface area contributed by atoms with Crippen molar-refractivity contribution >= 4 is 23.2 Å². The average Bonchev–Trinajstić information content (AvgIpc) is 3.34. The first-order valence-electron chi connectivity index (χ1n) is 12.9. The standard InChI is InChI=1S/C28H33F3N4O5S/c1-5-34(6-2)25(36)17-32-14-7-15-35-23(19-8-10-20(11-9-19)40-28(29,30)31)18-41-27(35)33-26(37)22-13-12-21(38-3)16-24(22)39-4/h8-13,16,18,32H,5-7,14-15,17H2,1-4H3. The molecule has 0 aliphatic carbocycles. The summed E-state index contributed by atoms with van der Waals surface area (Å²) in [6.07, 6.45) is -4.20. The number of amides is 2. The minimum Gasteiger partial charge on any atom is -0.497 e. The Balaban J connectivity index is 1.88. The van der Waals surface area contributed by atoms with E-state index in [0.29, 0.717) is 60.2 Å². The molecule has 3 aromatic rings. The Kier molecular flexibility index (Phi) is 11.4. The molecule has 0 saturated heterocycles. The van der Waals surface area contributed by atoms with Crippen LogP contribution in [0.4, 0.5) is 13.2 Å². The SMILES string of the molecule is CCN(CC)C(=O)CNCCCn1c(-c2ccc(OC(F)(F)F)cc2)csc1=NC(=O)c1ccc(OC)cc1OC. The summed E-state index contributed by atoms with van der Waals surface area (Å²) >= 11 is 1.23. The van der Waals surface area contributed by atoms with Crippen molar-refractivity contribution < 1.29 is 37.0 Å². The number of carbonyl (C=O) groups excluding carboxylic acids is 2. The summed E-state index contributed by atoms with van der Waals surface area (Å²) in [6.45, 7) is 6.27. The summed E-state index contributed by atoms with van der Waals surface area (Å²) < 4.78 is 54.2.